The molecule has 0 radical (unpaired) electrons. The van der Waals surface area contributed by atoms with Gasteiger partial charge in [-0.05, 0) is 37.0 Å². The first-order chi connectivity index (χ1) is 9.51. The number of nitrogens with zero attached hydrogens (tertiary/aromatic N) is 1. The Morgan fingerprint density at radius 3 is 2.70 bits per heavy atom. The lowest BCUT2D eigenvalue weighted by molar-refractivity contribution is -0.0479. The zero-order valence-corrected chi connectivity index (χ0v) is 12.7. The van der Waals surface area contributed by atoms with E-state index in [9.17, 15) is 5.11 Å². The van der Waals surface area contributed by atoms with Crippen LogP contribution in [0, 0.1) is 5.92 Å². The molecule has 1 aliphatic heterocycles. The summed E-state index contributed by atoms with van der Waals surface area (Å²) in [6, 6.07) is 8.05. The van der Waals surface area contributed by atoms with Crippen LogP contribution in [-0.4, -0.2) is 42.4 Å². The standard InChI is InChI=1S/C17H25NO2/c1-14-13-18(12-10-17(14,2)19)11-4-5-15-6-8-16(20-3)9-7-15/h4-9,14,19H,10-13H2,1-3H3/b5-4+/t14-,17+/m1/s1. The maximum Gasteiger partial charge on any atom is 0.118 e. The predicted octanol–water partition coefficient (Wildman–Crippen LogP) is 2.80. The van der Waals surface area contributed by atoms with Gasteiger partial charge in [-0.15, -0.1) is 0 Å². The fourth-order valence-electron chi connectivity index (χ4n) is 2.52. The molecule has 1 N–H and O–H groups in total. The third-order valence-electron chi connectivity index (χ3n) is 4.32. The Bertz CT molecular complexity index is 451. The van der Waals surface area contributed by atoms with Crippen molar-refractivity contribution in [2.75, 3.05) is 26.7 Å². The van der Waals surface area contributed by atoms with Crippen molar-refractivity contribution in [1.29, 1.82) is 0 Å². The number of methoxy groups -OCH3 is 1. The van der Waals surface area contributed by atoms with Gasteiger partial charge in [0.2, 0.25) is 0 Å². The van der Waals surface area contributed by atoms with Gasteiger partial charge in [-0.25, -0.2) is 0 Å². The van der Waals surface area contributed by atoms with Crippen molar-refractivity contribution < 1.29 is 9.84 Å². The van der Waals surface area contributed by atoms with Crippen molar-refractivity contribution in [1.82, 2.24) is 4.90 Å². The Labute approximate surface area is 121 Å². The average molecular weight is 275 g/mol. The molecule has 1 aliphatic rings. The molecule has 1 saturated heterocycles. The lowest BCUT2D eigenvalue weighted by Gasteiger charge is -2.40. The molecule has 2 rings (SSSR count). The minimum atomic E-state index is -0.504. The van der Waals surface area contributed by atoms with Crippen molar-refractivity contribution >= 4 is 6.08 Å². The van der Waals surface area contributed by atoms with Gasteiger partial charge in [0, 0.05) is 19.6 Å². The summed E-state index contributed by atoms with van der Waals surface area (Å²) >= 11 is 0. The quantitative estimate of drug-likeness (QED) is 0.917. The second-order valence-corrected chi connectivity index (χ2v) is 5.94. The van der Waals surface area contributed by atoms with Crippen molar-refractivity contribution in [3.05, 3.63) is 35.9 Å². The molecular weight excluding hydrogens is 250 g/mol. The second-order valence-electron chi connectivity index (χ2n) is 5.94. The Kier molecular flexibility index (Phi) is 4.84. The number of likely N-dealkylation sites (tertiary alicyclic amines) is 1. The van der Waals surface area contributed by atoms with Crippen LogP contribution in [0.4, 0.5) is 0 Å². The molecule has 3 heteroatoms. The maximum atomic E-state index is 10.2. The molecule has 0 amide bonds. The summed E-state index contributed by atoms with van der Waals surface area (Å²) in [4.78, 5) is 2.39. The van der Waals surface area contributed by atoms with Crippen LogP contribution in [0.2, 0.25) is 0 Å². The van der Waals surface area contributed by atoms with Gasteiger partial charge in [-0.1, -0.05) is 31.2 Å². The smallest absolute Gasteiger partial charge is 0.118 e. The number of hydrogen-bond acceptors (Lipinski definition) is 3. The van der Waals surface area contributed by atoms with Crippen LogP contribution in [-0.2, 0) is 0 Å². The van der Waals surface area contributed by atoms with E-state index in [4.69, 9.17) is 4.74 Å². The van der Waals surface area contributed by atoms with Gasteiger partial charge in [-0.3, -0.25) is 4.90 Å². The molecule has 3 nitrogen and oxygen atoms in total. The zero-order valence-electron chi connectivity index (χ0n) is 12.7. The molecule has 2 atom stereocenters. The third-order valence-corrected chi connectivity index (χ3v) is 4.32. The number of piperidine rings is 1. The predicted molar refractivity (Wildman–Crippen MR) is 82.9 cm³/mol. The number of rotatable bonds is 4. The van der Waals surface area contributed by atoms with Crippen LogP contribution in [0.15, 0.2) is 30.3 Å². The van der Waals surface area contributed by atoms with E-state index in [0.717, 1.165) is 31.8 Å². The first-order valence-corrected chi connectivity index (χ1v) is 7.26. The van der Waals surface area contributed by atoms with E-state index >= 15 is 0 Å². The summed E-state index contributed by atoms with van der Waals surface area (Å²) in [5.74, 6) is 1.21. The van der Waals surface area contributed by atoms with E-state index in [2.05, 4.69) is 36.1 Å². The van der Waals surface area contributed by atoms with E-state index < -0.39 is 5.60 Å². The summed E-state index contributed by atoms with van der Waals surface area (Å²) in [5.41, 5.74) is 0.679. The molecule has 1 heterocycles. The first kappa shape index (κ1) is 15.1. The molecule has 110 valence electrons. The van der Waals surface area contributed by atoms with Crippen molar-refractivity contribution in [2.45, 2.75) is 25.9 Å². The summed E-state index contributed by atoms with van der Waals surface area (Å²) in [5, 5.41) is 10.2. The Hall–Kier alpha value is -1.32. The highest BCUT2D eigenvalue weighted by Crippen LogP contribution is 2.26. The lowest BCUT2D eigenvalue weighted by atomic mass is 9.84. The average Bonchev–Trinajstić information content (AvgIpc) is 2.44. The highest BCUT2D eigenvalue weighted by Gasteiger charge is 2.33. The molecule has 1 aromatic carbocycles. The highest BCUT2D eigenvalue weighted by molar-refractivity contribution is 5.50. The fourth-order valence-corrected chi connectivity index (χ4v) is 2.52. The molecule has 0 bridgehead atoms. The van der Waals surface area contributed by atoms with Crippen LogP contribution in [0.25, 0.3) is 6.08 Å². The van der Waals surface area contributed by atoms with Gasteiger partial charge in [0.05, 0.1) is 12.7 Å². The molecule has 1 aromatic rings. The van der Waals surface area contributed by atoms with E-state index in [1.807, 2.05) is 19.1 Å². The van der Waals surface area contributed by atoms with Crippen LogP contribution in [0.3, 0.4) is 0 Å². The van der Waals surface area contributed by atoms with Crippen molar-refractivity contribution in [2.24, 2.45) is 5.92 Å². The number of hydrogen-bond donors (Lipinski definition) is 1. The van der Waals surface area contributed by atoms with Gasteiger partial charge in [0.1, 0.15) is 5.75 Å². The molecule has 0 aromatic heterocycles. The third kappa shape index (κ3) is 3.84. The Balaban J connectivity index is 1.84. The normalized spacial score (nSPS) is 27.9. The number of benzene rings is 1. The summed E-state index contributed by atoms with van der Waals surface area (Å²) in [6.45, 7) is 6.93. The monoisotopic (exact) mass is 275 g/mol. The summed E-state index contributed by atoms with van der Waals surface area (Å²) < 4.78 is 5.14. The van der Waals surface area contributed by atoms with E-state index in [0.29, 0.717) is 5.92 Å². The Morgan fingerprint density at radius 1 is 1.40 bits per heavy atom. The number of ether oxygens (including phenoxy) is 1. The van der Waals surface area contributed by atoms with Crippen LogP contribution < -0.4 is 4.74 Å². The molecule has 0 aliphatic carbocycles. The van der Waals surface area contributed by atoms with E-state index in [1.165, 1.54) is 5.56 Å². The maximum absolute atomic E-state index is 10.2. The van der Waals surface area contributed by atoms with Crippen molar-refractivity contribution in [3.8, 4) is 5.75 Å². The second kappa shape index (κ2) is 6.42. The Morgan fingerprint density at radius 2 is 2.10 bits per heavy atom. The minimum Gasteiger partial charge on any atom is -0.497 e. The zero-order chi connectivity index (χ0) is 14.6. The molecule has 1 fully saturated rings. The number of aliphatic hydroxyl groups is 1. The molecular formula is C17H25NO2. The van der Waals surface area contributed by atoms with Gasteiger partial charge in [0.25, 0.3) is 0 Å². The summed E-state index contributed by atoms with van der Waals surface area (Å²) in [6.07, 6.45) is 5.18. The highest BCUT2D eigenvalue weighted by atomic mass is 16.5. The van der Waals surface area contributed by atoms with Gasteiger partial charge < -0.3 is 9.84 Å². The van der Waals surface area contributed by atoms with E-state index in [-0.39, 0.29) is 0 Å². The first-order valence-electron chi connectivity index (χ1n) is 7.26. The molecule has 0 saturated carbocycles. The molecule has 20 heavy (non-hydrogen) atoms. The van der Waals surface area contributed by atoms with E-state index in [1.54, 1.807) is 7.11 Å². The van der Waals surface area contributed by atoms with Crippen LogP contribution in [0.1, 0.15) is 25.8 Å². The van der Waals surface area contributed by atoms with Crippen LogP contribution >= 0.6 is 0 Å². The van der Waals surface area contributed by atoms with Gasteiger partial charge in [-0.2, -0.15) is 0 Å². The fraction of sp³-hybridized carbons (Fsp3) is 0.529. The molecule has 0 unspecified atom stereocenters. The lowest BCUT2D eigenvalue weighted by Crippen LogP contribution is -2.48. The minimum absolute atomic E-state index is 0.325. The topological polar surface area (TPSA) is 32.7 Å². The van der Waals surface area contributed by atoms with Crippen LogP contribution in [0.5, 0.6) is 5.75 Å². The van der Waals surface area contributed by atoms with Crippen molar-refractivity contribution in [3.63, 3.8) is 0 Å². The largest absolute Gasteiger partial charge is 0.497 e. The van der Waals surface area contributed by atoms with Gasteiger partial charge in [0.15, 0.2) is 0 Å². The van der Waals surface area contributed by atoms with Gasteiger partial charge >= 0.3 is 0 Å². The SMILES string of the molecule is COc1ccc(/C=C/CN2CC[C@](C)(O)[C@H](C)C2)cc1. The summed E-state index contributed by atoms with van der Waals surface area (Å²) in [7, 11) is 1.68. The molecule has 0 spiro atoms.